The van der Waals surface area contributed by atoms with Gasteiger partial charge in [0.2, 0.25) is 5.91 Å². The average Bonchev–Trinajstić information content (AvgIpc) is 2.73. The molecular formula is C23H29N3O3. The maximum absolute atomic E-state index is 13.0. The van der Waals surface area contributed by atoms with Crippen LogP contribution < -0.4 is 20.7 Å². The number of hydrogen-bond acceptors (Lipinski definition) is 4. The van der Waals surface area contributed by atoms with Crippen LogP contribution in [0.5, 0.6) is 5.75 Å². The first-order valence-electron chi connectivity index (χ1n) is 10.1. The molecule has 2 aromatic carbocycles. The summed E-state index contributed by atoms with van der Waals surface area (Å²) in [5.41, 5.74) is 8.53. The van der Waals surface area contributed by atoms with Gasteiger partial charge in [-0.15, -0.1) is 0 Å². The number of fused-ring (bicyclic) bond motifs is 1. The normalized spacial score (nSPS) is 16.8. The Morgan fingerprint density at radius 3 is 2.48 bits per heavy atom. The molecule has 0 spiro atoms. The lowest BCUT2D eigenvalue weighted by Crippen LogP contribution is -2.51. The van der Waals surface area contributed by atoms with Gasteiger partial charge in [0, 0.05) is 6.04 Å². The Bertz CT molecular complexity index is 864. The lowest BCUT2D eigenvalue weighted by atomic mass is 9.95. The van der Waals surface area contributed by atoms with E-state index in [0.717, 1.165) is 12.0 Å². The van der Waals surface area contributed by atoms with Gasteiger partial charge < -0.3 is 20.7 Å². The maximum Gasteiger partial charge on any atom is 0.260 e. The van der Waals surface area contributed by atoms with Crippen molar-refractivity contribution in [1.29, 1.82) is 0 Å². The number of para-hydroxylation sites is 2. The summed E-state index contributed by atoms with van der Waals surface area (Å²) in [6.45, 7) is 6.65. The highest BCUT2D eigenvalue weighted by molar-refractivity contribution is 5.98. The molecule has 154 valence electrons. The number of carbonyl (C=O) groups is 2. The quantitative estimate of drug-likeness (QED) is 0.755. The topological polar surface area (TPSA) is 84.7 Å². The molecule has 0 bridgehead atoms. The van der Waals surface area contributed by atoms with Crippen molar-refractivity contribution in [2.24, 2.45) is 11.7 Å². The van der Waals surface area contributed by atoms with Crippen LogP contribution in [0.3, 0.4) is 0 Å². The number of nitrogens with one attached hydrogen (secondary N) is 1. The summed E-state index contributed by atoms with van der Waals surface area (Å²) in [6, 6.07) is 15.7. The number of benzene rings is 2. The number of anilines is 1. The summed E-state index contributed by atoms with van der Waals surface area (Å²) in [6.07, 6.45) is 0.145. The highest BCUT2D eigenvalue weighted by Crippen LogP contribution is 2.33. The molecule has 1 aliphatic rings. The van der Waals surface area contributed by atoms with Crippen molar-refractivity contribution in [1.82, 2.24) is 5.32 Å². The van der Waals surface area contributed by atoms with E-state index in [4.69, 9.17) is 10.5 Å². The lowest BCUT2D eigenvalue weighted by molar-refractivity contribution is -0.125. The van der Waals surface area contributed by atoms with Gasteiger partial charge in [-0.2, -0.15) is 0 Å². The molecule has 2 atom stereocenters. The molecule has 0 unspecified atom stereocenters. The van der Waals surface area contributed by atoms with Crippen LogP contribution in [0.1, 0.15) is 37.9 Å². The van der Waals surface area contributed by atoms with Gasteiger partial charge in [-0.3, -0.25) is 9.59 Å². The Labute approximate surface area is 172 Å². The van der Waals surface area contributed by atoms with E-state index >= 15 is 0 Å². The number of ether oxygens (including phenoxy) is 1. The SMILES string of the molecule is CCc1ccc([C@@H](NCC(=O)N2C[C@H](C(N)=O)Oc3ccccc32)C(C)C)cc1. The minimum Gasteiger partial charge on any atom is -0.477 e. The van der Waals surface area contributed by atoms with Crippen molar-refractivity contribution in [3.8, 4) is 5.75 Å². The van der Waals surface area contributed by atoms with Crippen LogP contribution >= 0.6 is 0 Å². The summed E-state index contributed by atoms with van der Waals surface area (Å²) >= 11 is 0. The first kappa shape index (κ1) is 20.9. The molecule has 3 N–H and O–H groups in total. The maximum atomic E-state index is 13.0. The van der Waals surface area contributed by atoms with Crippen LogP contribution in [-0.2, 0) is 16.0 Å². The van der Waals surface area contributed by atoms with Gasteiger partial charge in [-0.1, -0.05) is 57.2 Å². The molecule has 2 aromatic rings. The van der Waals surface area contributed by atoms with E-state index < -0.39 is 12.0 Å². The molecule has 0 fully saturated rings. The van der Waals surface area contributed by atoms with Crippen molar-refractivity contribution in [2.45, 2.75) is 39.3 Å². The van der Waals surface area contributed by atoms with Crippen LogP contribution in [0.25, 0.3) is 0 Å². The van der Waals surface area contributed by atoms with Crippen LogP contribution in [0.4, 0.5) is 5.69 Å². The molecule has 0 saturated carbocycles. The predicted molar refractivity (Wildman–Crippen MR) is 114 cm³/mol. The van der Waals surface area contributed by atoms with E-state index in [9.17, 15) is 9.59 Å². The summed E-state index contributed by atoms with van der Waals surface area (Å²) < 4.78 is 5.64. The summed E-state index contributed by atoms with van der Waals surface area (Å²) in [5.74, 6) is 0.0984. The Balaban J connectivity index is 1.74. The number of hydrogen-bond donors (Lipinski definition) is 2. The van der Waals surface area contributed by atoms with Gasteiger partial charge in [0.15, 0.2) is 6.10 Å². The molecule has 0 aliphatic carbocycles. The van der Waals surface area contributed by atoms with Gasteiger partial charge in [-0.25, -0.2) is 0 Å². The van der Waals surface area contributed by atoms with Crippen molar-refractivity contribution in [2.75, 3.05) is 18.0 Å². The van der Waals surface area contributed by atoms with Gasteiger partial charge in [0.1, 0.15) is 5.75 Å². The second kappa shape index (κ2) is 9.09. The minimum absolute atomic E-state index is 0.0491. The summed E-state index contributed by atoms with van der Waals surface area (Å²) in [5, 5.41) is 3.40. The molecule has 2 amide bonds. The molecule has 3 rings (SSSR count). The van der Waals surface area contributed by atoms with Crippen LogP contribution in [0, 0.1) is 5.92 Å². The monoisotopic (exact) mass is 395 g/mol. The van der Waals surface area contributed by atoms with E-state index in [1.54, 1.807) is 17.0 Å². The fourth-order valence-corrected chi connectivity index (χ4v) is 3.61. The number of primary amides is 1. The van der Waals surface area contributed by atoms with Crippen molar-refractivity contribution < 1.29 is 14.3 Å². The molecule has 0 saturated heterocycles. The van der Waals surface area contributed by atoms with Crippen molar-refractivity contribution >= 4 is 17.5 Å². The molecule has 6 heteroatoms. The molecule has 0 radical (unpaired) electrons. The Morgan fingerprint density at radius 1 is 1.17 bits per heavy atom. The van der Waals surface area contributed by atoms with Gasteiger partial charge >= 0.3 is 0 Å². The van der Waals surface area contributed by atoms with Crippen molar-refractivity contribution in [3.63, 3.8) is 0 Å². The Kier molecular flexibility index (Phi) is 6.54. The zero-order valence-electron chi connectivity index (χ0n) is 17.2. The molecule has 0 aromatic heterocycles. The molecule has 6 nitrogen and oxygen atoms in total. The van der Waals surface area contributed by atoms with E-state index in [1.165, 1.54) is 5.56 Å². The number of nitrogens with zero attached hydrogens (tertiary/aromatic N) is 1. The lowest BCUT2D eigenvalue weighted by Gasteiger charge is -2.34. The first-order valence-corrected chi connectivity index (χ1v) is 10.1. The first-order chi connectivity index (χ1) is 13.9. The third kappa shape index (κ3) is 4.77. The fraction of sp³-hybridized carbons (Fsp3) is 0.391. The van der Waals surface area contributed by atoms with Gasteiger partial charge in [0.05, 0.1) is 18.8 Å². The van der Waals surface area contributed by atoms with Gasteiger partial charge in [-0.05, 0) is 35.6 Å². The second-order valence-corrected chi connectivity index (χ2v) is 7.68. The Hall–Kier alpha value is -2.86. The minimum atomic E-state index is -0.851. The number of rotatable bonds is 7. The number of aryl methyl sites for hydroxylation is 1. The van der Waals surface area contributed by atoms with E-state index in [0.29, 0.717) is 17.4 Å². The smallest absolute Gasteiger partial charge is 0.260 e. The standard InChI is InChI=1S/C23H29N3O3/c1-4-16-9-11-17(12-10-16)22(15(2)3)25-13-21(27)26-14-20(23(24)28)29-19-8-6-5-7-18(19)26/h5-12,15,20,22,25H,4,13-14H2,1-3H3,(H2,24,28)/t20-,22+/m1/s1. The number of nitrogens with two attached hydrogens (primary N) is 1. The van der Waals surface area contributed by atoms with Crippen LogP contribution in [-0.4, -0.2) is 31.0 Å². The largest absolute Gasteiger partial charge is 0.477 e. The van der Waals surface area contributed by atoms with Crippen LogP contribution in [0.2, 0.25) is 0 Å². The third-order valence-corrected chi connectivity index (χ3v) is 5.28. The highest BCUT2D eigenvalue weighted by Gasteiger charge is 2.32. The number of carbonyl (C=O) groups excluding carboxylic acids is 2. The molecule has 29 heavy (non-hydrogen) atoms. The molecular weight excluding hydrogens is 366 g/mol. The summed E-state index contributed by atoms with van der Waals surface area (Å²) in [4.78, 5) is 26.3. The predicted octanol–water partition coefficient (Wildman–Crippen LogP) is 2.82. The van der Waals surface area contributed by atoms with E-state index in [2.05, 4.69) is 50.4 Å². The second-order valence-electron chi connectivity index (χ2n) is 7.68. The number of amides is 2. The Morgan fingerprint density at radius 2 is 1.86 bits per heavy atom. The van der Waals surface area contributed by atoms with Crippen LogP contribution in [0.15, 0.2) is 48.5 Å². The third-order valence-electron chi connectivity index (χ3n) is 5.28. The van der Waals surface area contributed by atoms with E-state index in [1.807, 2.05) is 12.1 Å². The van der Waals surface area contributed by atoms with Crippen molar-refractivity contribution in [3.05, 3.63) is 59.7 Å². The molecule has 1 aliphatic heterocycles. The average molecular weight is 396 g/mol. The summed E-state index contributed by atoms with van der Waals surface area (Å²) in [7, 11) is 0. The highest BCUT2D eigenvalue weighted by atomic mass is 16.5. The van der Waals surface area contributed by atoms with Gasteiger partial charge in [0.25, 0.3) is 5.91 Å². The van der Waals surface area contributed by atoms with E-state index in [-0.39, 0.29) is 25.0 Å². The zero-order chi connectivity index (χ0) is 21.0. The zero-order valence-corrected chi connectivity index (χ0v) is 17.2. The fourth-order valence-electron chi connectivity index (χ4n) is 3.61. The molecule has 1 heterocycles.